The summed E-state index contributed by atoms with van der Waals surface area (Å²) in [4.78, 5) is 23.7. The second-order valence-corrected chi connectivity index (χ2v) is 8.89. The van der Waals surface area contributed by atoms with Crippen molar-refractivity contribution in [2.45, 2.75) is 37.6 Å². The molecule has 4 rings (SSSR count). The van der Waals surface area contributed by atoms with Crippen molar-refractivity contribution in [3.63, 3.8) is 0 Å². The molecule has 0 aliphatic heterocycles. The first kappa shape index (κ1) is 17.5. The number of thioether (sulfide) groups is 1. The predicted molar refractivity (Wildman–Crippen MR) is 109 cm³/mol. The Hall–Kier alpha value is -1.92. The zero-order chi connectivity index (χ0) is 17.9. The first-order chi connectivity index (χ1) is 12.7. The highest BCUT2D eigenvalue weighted by molar-refractivity contribution is 7.99. The fourth-order valence-corrected chi connectivity index (χ4v) is 5.72. The van der Waals surface area contributed by atoms with E-state index in [1.165, 1.54) is 22.2 Å². The van der Waals surface area contributed by atoms with Gasteiger partial charge in [0.25, 0.3) is 0 Å². The Balaban J connectivity index is 1.44. The van der Waals surface area contributed by atoms with Gasteiger partial charge in [0.15, 0.2) is 0 Å². The largest absolute Gasteiger partial charge is 0.326 e. The highest BCUT2D eigenvalue weighted by atomic mass is 32.2. The number of para-hydroxylation sites is 1. The molecule has 0 bridgehead atoms. The SMILES string of the molecule is C[C@H]1CCc2c(sc3ncnc(SCCC(=O)Nc4ccccc4)c23)C1. The number of aryl methyl sites for hydroxylation is 1. The van der Waals surface area contributed by atoms with E-state index >= 15 is 0 Å². The van der Waals surface area contributed by atoms with Crippen LogP contribution in [0, 0.1) is 5.92 Å². The van der Waals surface area contributed by atoms with E-state index in [0.29, 0.717) is 12.2 Å². The van der Waals surface area contributed by atoms with Gasteiger partial charge in [0.05, 0.1) is 0 Å². The van der Waals surface area contributed by atoms with E-state index < -0.39 is 0 Å². The number of nitrogens with zero attached hydrogens (tertiary/aromatic N) is 2. The number of carbonyl (C=O) groups excluding carboxylic acids is 1. The third-order valence-corrected chi connectivity index (χ3v) is 6.84. The fourth-order valence-electron chi connectivity index (χ4n) is 3.34. The van der Waals surface area contributed by atoms with Gasteiger partial charge in [-0.25, -0.2) is 9.97 Å². The lowest BCUT2D eigenvalue weighted by Gasteiger charge is -2.18. The molecule has 0 unspecified atom stereocenters. The van der Waals surface area contributed by atoms with Crippen molar-refractivity contribution in [2.24, 2.45) is 5.92 Å². The number of nitrogens with one attached hydrogen (secondary N) is 1. The first-order valence-electron chi connectivity index (χ1n) is 8.93. The second-order valence-electron chi connectivity index (χ2n) is 6.72. The lowest BCUT2D eigenvalue weighted by atomic mass is 9.89. The smallest absolute Gasteiger partial charge is 0.225 e. The normalized spacial score (nSPS) is 16.4. The van der Waals surface area contributed by atoms with Gasteiger partial charge in [-0.3, -0.25) is 4.79 Å². The summed E-state index contributed by atoms with van der Waals surface area (Å²) in [5.74, 6) is 1.50. The van der Waals surface area contributed by atoms with Crippen LogP contribution in [-0.2, 0) is 17.6 Å². The third kappa shape index (κ3) is 3.76. The van der Waals surface area contributed by atoms with Gasteiger partial charge in [-0.2, -0.15) is 0 Å². The minimum atomic E-state index is 0.0372. The van der Waals surface area contributed by atoms with E-state index in [9.17, 15) is 4.79 Å². The number of anilines is 1. The Bertz CT molecular complexity index is 923. The summed E-state index contributed by atoms with van der Waals surface area (Å²) >= 11 is 3.48. The second kappa shape index (κ2) is 7.76. The van der Waals surface area contributed by atoms with Crippen molar-refractivity contribution in [1.82, 2.24) is 9.97 Å². The molecule has 134 valence electrons. The quantitative estimate of drug-likeness (QED) is 0.501. The average Bonchev–Trinajstić information content (AvgIpc) is 3.00. The molecule has 0 saturated heterocycles. The van der Waals surface area contributed by atoms with Gasteiger partial charge in [-0.15, -0.1) is 23.1 Å². The summed E-state index contributed by atoms with van der Waals surface area (Å²) in [5.41, 5.74) is 2.29. The molecule has 3 aromatic rings. The van der Waals surface area contributed by atoms with E-state index in [1.54, 1.807) is 18.1 Å². The molecule has 2 heterocycles. The van der Waals surface area contributed by atoms with Crippen molar-refractivity contribution in [3.8, 4) is 0 Å². The van der Waals surface area contributed by atoms with Crippen molar-refractivity contribution < 1.29 is 4.79 Å². The predicted octanol–water partition coefficient (Wildman–Crippen LogP) is 4.94. The van der Waals surface area contributed by atoms with Crippen LogP contribution in [0.3, 0.4) is 0 Å². The molecule has 0 saturated carbocycles. The fraction of sp³-hybridized carbons (Fsp3) is 0.350. The van der Waals surface area contributed by atoms with Gasteiger partial charge in [-0.1, -0.05) is 25.1 Å². The number of fused-ring (bicyclic) bond motifs is 3. The topological polar surface area (TPSA) is 54.9 Å². The van der Waals surface area contributed by atoms with Gasteiger partial charge in [0.1, 0.15) is 16.2 Å². The van der Waals surface area contributed by atoms with Crippen LogP contribution in [0.15, 0.2) is 41.7 Å². The summed E-state index contributed by atoms with van der Waals surface area (Å²) in [6.45, 7) is 2.32. The van der Waals surface area contributed by atoms with Gasteiger partial charge in [-0.05, 0) is 42.9 Å². The number of carbonyl (C=O) groups is 1. The number of benzene rings is 1. The molecule has 0 radical (unpaired) electrons. The minimum absolute atomic E-state index is 0.0372. The maximum absolute atomic E-state index is 12.1. The minimum Gasteiger partial charge on any atom is -0.326 e. The van der Waals surface area contributed by atoms with Crippen molar-refractivity contribution in [1.29, 1.82) is 0 Å². The molecule has 1 aliphatic rings. The molecule has 1 atom stereocenters. The lowest BCUT2D eigenvalue weighted by Crippen LogP contribution is -2.12. The van der Waals surface area contributed by atoms with Crippen LogP contribution in [0.1, 0.15) is 30.2 Å². The average molecular weight is 384 g/mol. The standard InChI is InChI=1S/C20H21N3OS2/c1-13-7-8-15-16(11-13)26-20-18(15)19(21-12-22-20)25-10-9-17(24)23-14-5-3-2-4-6-14/h2-6,12-13H,7-11H2,1H3,(H,23,24)/t13-/m0/s1. The van der Waals surface area contributed by atoms with Gasteiger partial charge < -0.3 is 5.32 Å². The van der Waals surface area contributed by atoms with E-state index in [4.69, 9.17) is 0 Å². The van der Waals surface area contributed by atoms with Crippen LogP contribution < -0.4 is 5.32 Å². The Morgan fingerprint density at radius 1 is 1.31 bits per heavy atom. The van der Waals surface area contributed by atoms with Crippen LogP contribution in [0.25, 0.3) is 10.2 Å². The Kier molecular flexibility index (Phi) is 5.22. The number of aromatic nitrogens is 2. The Labute approximate surface area is 161 Å². The van der Waals surface area contributed by atoms with Crippen LogP contribution in [0.4, 0.5) is 5.69 Å². The maximum atomic E-state index is 12.1. The molecular weight excluding hydrogens is 362 g/mol. The summed E-state index contributed by atoms with van der Waals surface area (Å²) in [7, 11) is 0. The Morgan fingerprint density at radius 3 is 3.00 bits per heavy atom. The third-order valence-electron chi connectivity index (χ3n) is 4.68. The van der Waals surface area contributed by atoms with E-state index in [-0.39, 0.29) is 5.91 Å². The molecule has 1 N–H and O–H groups in total. The van der Waals surface area contributed by atoms with Crippen LogP contribution in [-0.4, -0.2) is 21.6 Å². The molecular formula is C20H21N3OS2. The molecule has 1 aromatic carbocycles. The van der Waals surface area contributed by atoms with Crippen LogP contribution >= 0.6 is 23.1 Å². The maximum Gasteiger partial charge on any atom is 0.225 e. The number of rotatable bonds is 5. The zero-order valence-electron chi connectivity index (χ0n) is 14.7. The molecule has 4 nitrogen and oxygen atoms in total. The highest BCUT2D eigenvalue weighted by Gasteiger charge is 2.23. The summed E-state index contributed by atoms with van der Waals surface area (Å²) in [6, 6.07) is 9.58. The molecule has 26 heavy (non-hydrogen) atoms. The molecule has 1 aliphatic carbocycles. The Morgan fingerprint density at radius 2 is 2.15 bits per heavy atom. The summed E-state index contributed by atoms with van der Waals surface area (Å²) in [6.07, 6.45) is 5.62. The van der Waals surface area contributed by atoms with Crippen molar-refractivity contribution in [3.05, 3.63) is 47.1 Å². The molecule has 0 fully saturated rings. The number of hydrogen-bond donors (Lipinski definition) is 1. The highest BCUT2D eigenvalue weighted by Crippen LogP contribution is 2.40. The molecule has 2 aromatic heterocycles. The van der Waals surface area contributed by atoms with Gasteiger partial charge in [0.2, 0.25) is 5.91 Å². The molecule has 1 amide bonds. The lowest BCUT2D eigenvalue weighted by molar-refractivity contribution is -0.115. The van der Waals surface area contributed by atoms with E-state index in [0.717, 1.165) is 34.3 Å². The van der Waals surface area contributed by atoms with Gasteiger partial charge >= 0.3 is 0 Å². The van der Waals surface area contributed by atoms with Gasteiger partial charge in [0, 0.05) is 28.1 Å². The van der Waals surface area contributed by atoms with Crippen LogP contribution in [0.2, 0.25) is 0 Å². The number of hydrogen-bond acceptors (Lipinski definition) is 5. The van der Waals surface area contributed by atoms with E-state index in [1.807, 2.05) is 41.7 Å². The first-order valence-corrected chi connectivity index (χ1v) is 10.7. The summed E-state index contributed by atoms with van der Waals surface area (Å²) < 4.78 is 0. The monoisotopic (exact) mass is 383 g/mol. The zero-order valence-corrected chi connectivity index (χ0v) is 16.3. The van der Waals surface area contributed by atoms with E-state index in [2.05, 4.69) is 22.2 Å². The number of thiophene rings is 1. The molecule has 6 heteroatoms. The summed E-state index contributed by atoms with van der Waals surface area (Å²) in [5, 5.41) is 5.18. The van der Waals surface area contributed by atoms with Crippen molar-refractivity contribution >= 4 is 44.9 Å². The van der Waals surface area contributed by atoms with Crippen molar-refractivity contribution in [2.75, 3.05) is 11.1 Å². The molecule has 0 spiro atoms. The van der Waals surface area contributed by atoms with Crippen LogP contribution in [0.5, 0.6) is 0 Å². The number of amides is 1.